The van der Waals surface area contributed by atoms with Crippen LogP contribution in [0.2, 0.25) is 10.0 Å². The van der Waals surface area contributed by atoms with Gasteiger partial charge in [0, 0.05) is 64.1 Å². The summed E-state index contributed by atoms with van der Waals surface area (Å²) in [5.74, 6) is 1.28. The van der Waals surface area contributed by atoms with Gasteiger partial charge in [0.15, 0.2) is 54.3 Å². The Morgan fingerprint density at radius 3 is 1.15 bits per heavy atom. The molecule has 26 nitrogen and oxygen atoms in total. The van der Waals surface area contributed by atoms with Gasteiger partial charge in [-0.15, -0.1) is 20.4 Å². The Morgan fingerprint density at radius 1 is 0.541 bits per heavy atom. The van der Waals surface area contributed by atoms with E-state index in [2.05, 4.69) is 60.3 Å². The molecule has 0 amide bonds. The fourth-order valence-electron chi connectivity index (χ4n) is 8.13. The van der Waals surface area contributed by atoms with Gasteiger partial charge >= 0.3 is 0 Å². The summed E-state index contributed by atoms with van der Waals surface area (Å²) in [6.45, 7) is 7.96. The van der Waals surface area contributed by atoms with Crippen LogP contribution in [-0.2, 0) is 50.1 Å². The van der Waals surface area contributed by atoms with Crippen LogP contribution < -0.4 is 18.9 Å². The lowest BCUT2D eigenvalue weighted by molar-refractivity contribution is 0.0947. The van der Waals surface area contributed by atoms with Crippen LogP contribution in [0.25, 0.3) is 11.4 Å². The molecule has 0 unspecified atom stereocenters. The van der Waals surface area contributed by atoms with E-state index in [1.54, 1.807) is 9.13 Å². The average Bonchev–Trinajstić information content (AvgIpc) is 4.27. The van der Waals surface area contributed by atoms with E-state index in [-0.39, 0.29) is 70.9 Å². The van der Waals surface area contributed by atoms with Crippen LogP contribution in [0, 0.1) is 0 Å². The number of methoxy groups -OCH3 is 6. The third-order valence-corrected chi connectivity index (χ3v) is 16.5. The quantitative estimate of drug-likeness (QED) is 0.0820. The number of rotatable bonds is 24. The second kappa shape index (κ2) is 24.2. The molecule has 2 fully saturated rings. The Labute approximate surface area is 437 Å². The minimum atomic E-state index is -3.88. The summed E-state index contributed by atoms with van der Waals surface area (Å²) in [4.78, 5) is 33.3. The predicted octanol–water partition coefficient (Wildman–Crippen LogP) is 4.20. The standard InChI is InChI=1S/2C22H28ClN7O6S/c2*1-6-36-15-7-14(15)20-29-28-16(30(20)17-21(34-4)26-11-27-22(17)35-5)10-37(31,32)12(2)18(33-3)19-24-8-13(23)9-25-19/h2*8-9,11-12,14-15,18H,6-7,10H2,1-5H3/t2*12-,14-,15-,18-/m00/s1. The first-order chi connectivity index (χ1) is 35.5. The molecule has 0 N–H and O–H groups in total. The Hall–Kier alpha value is -5.88. The molecule has 0 radical (unpaired) electrons. The Bertz CT molecular complexity index is 2840. The molecule has 30 heteroatoms. The molecule has 0 bridgehead atoms. The zero-order valence-corrected chi connectivity index (χ0v) is 45.2. The van der Waals surface area contributed by atoms with E-state index in [1.165, 1.54) is 93.9 Å². The minimum absolute atomic E-state index is 0.0575. The molecule has 400 valence electrons. The van der Waals surface area contributed by atoms with Crippen molar-refractivity contribution in [2.75, 3.05) is 55.9 Å². The Morgan fingerprint density at radius 2 is 0.865 bits per heavy atom. The van der Waals surface area contributed by atoms with Crippen molar-refractivity contribution in [1.29, 1.82) is 0 Å². The lowest BCUT2D eigenvalue weighted by Gasteiger charge is -2.22. The van der Waals surface area contributed by atoms with Gasteiger partial charge in [0.2, 0.25) is 23.5 Å². The van der Waals surface area contributed by atoms with Gasteiger partial charge in [0.1, 0.15) is 48.0 Å². The second-order valence-corrected chi connectivity index (χ2v) is 22.2. The van der Waals surface area contributed by atoms with Crippen molar-refractivity contribution in [3.63, 3.8) is 0 Å². The van der Waals surface area contributed by atoms with Gasteiger partial charge in [-0.2, -0.15) is 19.9 Å². The number of nitrogens with zero attached hydrogens (tertiary/aromatic N) is 14. The Kier molecular flexibility index (Phi) is 18.3. The number of halogens is 2. The van der Waals surface area contributed by atoms with Gasteiger partial charge in [-0.3, -0.25) is 9.13 Å². The van der Waals surface area contributed by atoms with Crippen LogP contribution in [-0.4, -0.2) is 165 Å². The second-order valence-electron chi connectivity index (χ2n) is 16.6. The lowest BCUT2D eigenvalue weighted by Crippen LogP contribution is -2.30. The van der Waals surface area contributed by atoms with E-state index >= 15 is 0 Å². The topological polar surface area (TPSA) is 307 Å². The summed E-state index contributed by atoms with van der Waals surface area (Å²) in [5, 5.41) is 15.8. The first-order valence-electron chi connectivity index (χ1n) is 22.9. The number of ether oxygens (including phenoxy) is 8. The molecule has 0 aromatic carbocycles. The maximum atomic E-state index is 13.6. The summed E-state index contributed by atoms with van der Waals surface area (Å²) in [5.41, 5.74) is 0.605. The van der Waals surface area contributed by atoms with Crippen LogP contribution in [0.3, 0.4) is 0 Å². The maximum Gasteiger partial charge on any atom is 0.245 e. The van der Waals surface area contributed by atoms with E-state index in [0.29, 0.717) is 59.1 Å². The first-order valence-corrected chi connectivity index (χ1v) is 27.1. The van der Waals surface area contributed by atoms with E-state index in [9.17, 15) is 16.8 Å². The minimum Gasteiger partial charge on any atom is -0.479 e. The van der Waals surface area contributed by atoms with Crippen LogP contribution in [0.1, 0.15) is 99.5 Å². The number of hydrogen-bond acceptors (Lipinski definition) is 24. The normalized spacial score (nSPS) is 18.9. The lowest BCUT2D eigenvalue weighted by atomic mass is 10.2. The van der Waals surface area contributed by atoms with E-state index in [0.717, 1.165) is 0 Å². The summed E-state index contributed by atoms with van der Waals surface area (Å²) >= 11 is 11.8. The fourth-order valence-corrected chi connectivity index (χ4v) is 11.2. The molecule has 0 spiro atoms. The third kappa shape index (κ3) is 12.1. The third-order valence-electron chi connectivity index (χ3n) is 12.1. The van der Waals surface area contributed by atoms with Crippen LogP contribution in [0.5, 0.6) is 23.5 Å². The summed E-state index contributed by atoms with van der Waals surface area (Å²) in [6, 6.07) is 0. The summed E-state index contributed by atoms with van der Waals surface area (Å²) < 4.78 is 102. The number of sulfone groups is 2. The van der Waals surface area contributed by atoms with Crippen molar-refractivity contribution in [2.24, 2.45) is 0 Å². The highest BCUT2D eigenvalue weighted by atomic mass is 35.5. The highest BCUT2D eigenvalue weighted by Crippen LogP contribution is 2.46. The Balaban J connectivity index is 0.000000216. The van der Waals surface area contributed by atoms with Crippen LogP contribution in [0.15, 0.2) is 37.4 Å². The molecule has 74 heavy (non-hydrogen) atoms. The number of hydrogen-bond donors (Lipinski definition) is 0. The van der Waals surface area contributed by atoms with Crippen molar-refractivity contribution in [3.8, 4) is 34.9 Å². The molecule has 2 aliphatic carbocycles. The fraction of sp³-hybridized carbons (Fsp3) is 0.545. The van der Waals surface area contributed by atoms with E-state index < -0.39 is 53.9 Å². The molecular weight excluding hydrogens is 1050 g/mol. The molecule has 6 aromatic rings. The number of aromatic nitrogens is 14. The largest absolute Gasteiger partial charge is 0.479 e. The van der Waals surface area contributed by atoms with Crippen molar-refractivity contribution >= 4 is 42.9 Å². The smallest absolute Gasteiger partial charge is 0.245 e. The van der Waals surface area contributed by atoms with Crippen LogP contribution in [0.4, 0.5) is 0 Å². The zero-order valence-electron chi connectivity index (χ0n) is 42.1. The van der Waals surface area contributed by atoms with Gasteiger partial charge in [0.05, 0.1) is 61.2 Å². The maximum absolute atomic E-state index is 13.6. The van der Waals surface area contributed by atoms with Gasteiger partial charge in [0.25, 0.3) is 0 Å². The predicted molar refractivity (Wildman–Crippen MR) is 263 cm³/mol. The molecule has 0 aliphatic heterocycles. The van der Waals surface area contributed by atoms with E-state index in [1.807, 2.05) is 13.8 Å². The molecule has 6 heterocycles. The molecule has 2 aliphatic rings. The first kappa shape index (κ1) is 55.9. The average molecular weight is 1110 g/mol. The molecule has 8 atom stereocenters. The van der Waals surface area contributed by atoms with Gasteiger partial charge in [-0.25, -0.2) is 36.8 Å². The summed E-state index contributed by atoms with van der Waals surface area (Å²) in [7, 11) is 0.816. The van der Waals surface area contributed by atoms with Gasteiger partial charge in [-0.1, -0.05) is 23.2 Å². The SMILES string of the molecule is CCO[C@H]1C[C@@H]1c1nnc(CS(=O)(=O)[C@@H](C)[C@H](OC)c2ncc(Cl)cn2)n1-c1c(OC)ncnc1OC.CCO[C@H]1C[C@@H]1c1nnc(CS(=O)(=O)[C@@H](C)[C@H](OC)c2ncc(Cl)cn2)n1-c1c(OC)ncnc1OC. The highest BCUT2D eigenvalue weighted by Gasteiger charge is 2.47. The monoisotopic (exact) mass is 1110 g/mol. The molecule has 0 saturated heterocycles. The molecular formula is C44H56Cl2N14O12S2. The van der Waals surface area contributed by atoms with Crippen molar-refractivity contribution in [3.05, 3.63) is 82.4 Å². The summed E-state index contributed by atoms with van der Waals surface area (Å²) in [6.07, 6.45) is 7.57. The molecule has 6 aromatic heterocycles. The zero-order chi connectivity index (χ0) is 53.5. The molecule has 8 rings (SSSR count). The van der Waals surface area contributed by atoms with Gasteiger partial charge in [-0.05, 0) is 40.5 Å². The van der Waals surface area contributed by atoms with Crippen LogP contribution >= 0.6 is 23.2 Å². The van der Waals surface area contributed by atoms with Gasteiger partial charge < -0.3 is 37.9 Å². The van der Waals surface area contributed by atoms with E-state index in [4.69, 9.17) is 61.1 Å². The van der Waals surface area contributed by atoms with Crippen molar-refractivity contribution in [1.82, 2.24) is 69.4 Å². The van der Waals surface area contributed by atoms with Crippen molar-refractivity contribution in [2.45, 2.75) is 98.8 Å². The van der Waals surface area contributed by atoms with Crippen molar-refractivity contribution < 1.29 is 54.7 Å². The highest BCUT2D eigenvalue weighted by molar-refractivity contribution is 7.91. The molecule has 2 saturated carbocycles.